The number of urea groups is 1. The summed E-state index contributed by atoms with van der Waals surface area (Å²) in [5.74, 6) is -0.416. The third kappa shape index (κ3) is 5.87. The summed E-state index contributed by atoms with van der Waals surface area (Å²) in [6.07, 6.45) is 3.33. The molecule has 3 aromatic rings. The number of carbonyl (C=O) groups excluding carboxylic acids is 1. The first-order valence-corrected chi connectivity index (χ1v) is 8.34. The van der Waals surface area contributed by atoms with E-state index >= 15 is 0 Å². The van der Waals surface area contributed by atoms with E-state index in [4.69, 9.17) is 0 Å². The van der Waals surface area contributed by atoms with Crippen molar-refractivity contribution in [2.75, 3.05) is 29.0 Å². The first-order chi connectivity index (χ1) is 13.6. The predicted octanol–water partition coefficient (Wildman–Crippen LogP) is 3.13. The number of hydrogen-bond donors (Lipinski definition) is 4. The first kappa shape index (κ1) is 19.0. The Balaban J connectivity index is 1.39. The number of halogens is 2. The number of benzene rings is 1. The highest BCUT2D eigenvalue weighted by atomic mass is 19.1. The summed E-state index contributed by atoms with van der Waals surface area (Å²) >= 11 is 0. The van der Waals surface area contributed by atoms with Crippen LogP contribution in [0, 0.1) is 11.6 Å². The molecule has 1 aromatic carbocycles. The van der Waals surface area contributed by atoms with E-state index in [-0.39, 0.29) is 12.2 Å². The maximum absolute atomic E-state index is 13.1. The van der Waals surface area contributed by atoms with Crippen molar-refractivity contribution in [2.24, 2.45) is 0 Å². The minimum atomic E-state index is -0.766. The fourth-order valence-corrected chi connectivity index (χ4v) is 2.24. The fourth-order valence-electron chi connectivity index (χ4n) is 2.24. The average Bonchev–Trinajstić information content (AvgIpc) is 2.66. The number of rotatable bonds is 7. The van der Waals surface area contributed by atoms with Crippen LogP contribution in [0.1, 0.15) is 0 Å². The third-order valence-electron chi connectivity index (χ3n) is 3.45. The molecule has 0 fully saturated rings. The molecule has 0 bridgehead atoms. The van der Waals surface area contributed by atoms with Crippen LogP contribution in [0.5, 0.6) is 0 Å². The van der Waals surface area contributed by atoms with Gasteiger partial charge in [0.15, 0.2) is 5.82 Å². The van der Waals surface area contributed by atoms with Gasteiger partial charge in [0.05, 0.1) is 0 Å². The SMILES string of the molecule is O=C(NCCNc1ccc(Nc2ccncc2)nn1)Nc1cc(F)cc(F)c1. The van der Waals surface area contributed by atoms with Gasteiger partial charge >= 0.3 is 6.03 Å². The van der Waals surface area contributed by atoms with Crippen LogP contribution < -0.4 is 21.3 Å². The van der Waals surface area contributed by atoms with Crippen molar-refractivity contribution >= 4 is 29.0 Å². The van der Waals surface area contributed by atoms with Crippen molar-refractivity contribution in [1.82, 2.24) is 20.5 Å². The van der Waals surface area contributed by atoms with Crippen LogP contribution in [0.15, 0.2) is 54.9 Å². The molecule has 0 unspecified atom stereocenters. The average molecular weight is 385 g/mol. The Morgan fingerprint density at radius 1 is 0.857 bits per heavy atom. The highest BCUT2D eigenvalue weighted by Gasteiger charge is 2.05. The highest BCUT2D eigenvalue weighted by molar-refractivity contribution is 5.89. The summed E-state index contributed by atoms with van der Waals surface area (Å²) in [5.41, 5.74) is 0.879. The van der Waals surface area contributed by atoms with Gasteiger partial charge in [-0.05, 0) is 36.4 Å². The Morgan fingerprint density at radius 2 is 1.54 bits per heavy atom. The molecule has 0 aliphatic carbocycles. The van der Waals surface area contributed by atoms with Crippen LogP contribution in [0.3, 0.4) is 0 Å². The maximum atomic E-state index is 13.1. The van der Waals surface area contributed by atoms with Crippen LogP contribution in [0.25, 0.3) is 0 Å². The van der Waals surface area contributed by atoms with Gasteiger partial charge in [0, 0.05) is 42.9 Å². The van der Waals surface area contributed by atoms with Gasteiger partial charge in [-0.15, -0.1) is 10.2 Å². The zero-order valence-corrected chi connectivity index (χ0v) is 14.6. The third-order valence-corrected chi connectivity index (χ3v) is 3.45. The van der Waals surface area contributed by atoms with Gasteiger partial charge in [-0.3, -0.25) is 4.98 Å². The zero-order valence-electron chi connectivity index (χ0n) is 14.6. The lowest BCUT2D eigenvalue weighted by atomic mass is 10.3. The molecular weight excluding hydrogens is 368 g/mol. The van der Waals surface area contributed by atoms with Crippen LogP contribution in [0.2, 0.25) is 0 Å². The highest BCUT2D eigenvalue weighted by Crippen LogP contribution is 2.13. The predicted molar refractivity (Wildman–Crippen MR) is 101 cm³/mol. The van der Waals surface area contributed by atoms with Gasteiger partial charge < -0.3 is 21.3 Å². The van der Waals surface area contributed by atoms with Crippen LogP contribution in [-0.2, 0) is 0 Å². The molecule has 2 heterocycles. The Kier molecular flexibility index (Phi) is 6.24. The smallest absolute Gasteiger partial charge is 0.319 e. The van der Waals surface area contributed by atoms with Gasteiger partial charge in [-0.25, -0.2) is 13.6 Å². The minimum Gasteiger partial charge on any atom is -0.367 e. The summed E-state index contributed by atoms with van der Waals surface area (Å²) in [5, 5.41) is 19.1. The molecule has 4 N–H and O–H groups in total. The number of anilines is 4. The first-order valence-electron chi connectivity index (χ1n) is 8.34. The molecule has 8 nitrogen and oxygen atoms in total. The van der Waals surface area contributed by atoms with Crippen molar-refractivity contribution in [1.29, 1.82) is 0 Å². The monoisotopic (exact) mass is 385 g/mol. The molecule has 10 heteroatoms. The number of amides is 2. The number of carbonyl (C=O) groups is 1. The number of pyridine rings is 1. The standard InChI is InChI=1S/C18H17F2N7O/c19-12-9-13(20)11-15(10-12)25-18(28)23-8-7-22-16-1-2-17(27-26-16)24-14-3-5-21-6-4-14/h1-6,9-11H,7-8H2,(H,22,26)(H,21,24,27)(H2,23,25,28). The second kappa shape index (κ2) is 9.21. The number of hydrogen-bond acceptors (Lipinski definition) is 6. The Labute approximate surface area is 159 Å². The summed E-state index contributed by atoms with van der Waals surface area (Å²) < 4.78 is 26.2. The van der Waals surface area contributed by atoms with E-state index in [1.165, 1.54) is 0 Å². The largest absolute Gasteiger partial charge is 0.367 e. The van der Waals surface area contributed by atoms with E-state index < -0.39 is 17.7 Å². The van der Waals surface area contributed by atoms with Crippen molar-refractivity contribution in [3.05, 3.63) is 66.5 Å². The normalized spacial score (nSPS) is 10.2. The molecule has 0 aliphatic heterocycles. The lowest BCUT2D eigenvalue weighted by molar-refractivity contribution is 0.252. The van der Waals surface area contributed by atoms with Gasteiger partial charge in [-0.2, -0.15) is 0 Å². The van der Waals surface area contributed by atoms with Gasteiger partial charge in [0.1, 0.15) is 17.5 Å². The molecule has 28 heavy (non-hydrogen) atoms. The molecule has 0 saturated carbocycles. The molecule has 144 valence electrons. The molecule has 2 aromatic heterocycles. The molecule has 0 spiro atoms. The minimum absolute atomic E-state index is 0.0334. The van der Waals surface area contributed by atoms with Crippen molar-refractivity contribution in [2.45, 2.75) is 0 Å². The molecule has 0 atom stereocenters. The molecule has 2 amide bonds. The van der Waals surface area contributed by atoms with E-state index in [0.29, 0.717) is 18.2 Å². The van der Waals surface area contributed by atoms with Crippen LogP contribution >= 0.6 is 0 Å². The van der Waals surface area contributed by atoms with E-state index in [1.54, 1.807) is 24.5 Å². The second-order valence-electron chi connectivity index (χ2n) is 5.63. The van der Waals surface area contributed by atoms with Crippen molar-refractivity contribution in [3.8, 4) is 0 Å². The molecule has 0 radical (unpaired) electrons. The second-order valence-corrected chi connectivity index (χ2v) is 5.63. The Morgan fingerprint density at radius 3 is 2.21 bits per heavy atom. The van der Waals surface area contributed by atoms with E-state index in [1.807, 2.05) is 12.1 Å². The van der Waals surface area contributed by atoms with Gasteiger partial charge in [-0.1, -0.05) is 0 Å². The van der Waals surface area contributed by atoms with E-state index in [9.17, 15) is 13.6 Å². The maximum Gasteiger partial charge on any atom is 0.319 e. The number of nitrogens with one attached hydrogen (secondary N) is 4. The lowest BCUT2D eigenvalue weighted by Gasteiger charge is -2.09. The van der Waals surface area contributed by atoms with Crippen molar-refractivity contribution < 1.29 is 13.6 Å². The Hall–Kier alpha value is -3.82. The topological polar surface area (TPSA) is 104 Å². The Bertz CT molecular complexity index is 903. The fraction of sp³-hybridized carbons (Fsp3) is 0.111. The van der Waals surface area contributed by atoms with Crippen LogP contribution in [-0.4, -0.2) is 34.3 Å². The van der Waals surface area contributed by atoms with E-state index in [0.717, 1.165) is 23.9 Å². The zero-order chi connectivity index (χ0) is 19.8. The number of nitrogens with zero attached hydrogens (tertiary/aromatic N) is 3. The lowest BCUT2D eigenvalue weighted by Crippen LogP contribution is -2.32. The van der Waals surface area contributed by atoms with Gasteiger partial charge in [0.25, 0.3) is 0 Å². The number of aromatic nitrogens is 3. The quantitative estimate of drug-likeness (QED) is 0.466. The molecule has 0 aliphatic rings. The van der Waals surface area contributed by atoms with Crippen LogP contribution in [0.4, 0.5) is 36.6 Å². The summed E-state index contributed by atoms with van der Waals surface area (Å²) in [6.45, 7) is 0.652. The summed E-state index contributed by atoms with van der Waals surface area (Å²) in [4.78, 5) is 15.7. The molecule has 0 saturated heterocycles. The van der Waals surface area contributed by atoms with E-state index in [2.05, 4.69) is 36.4 Å². The molecule has 3 rings (SSSR count). The van der Waals surface area contributed by atoms with Gasteiger partial charge in [0.2, 0.25) is 0 Å². The summed E-state index contributed by atoms with van der Waals surface area (Å²) in [7, 11) is 0. The summed E-state index contributed by atoms with van der Waals surface area (Å²) in [6, 6.07) is 9.32. The van der Waals surface area contributed by atoms with Crippen molar-refractivity contribution in [3.63, 3.8) is 0 Å². The molecular formula is C18H17F2N7O.